The van der Waals surface area contributed by atoms with Crippen molar-refractivity contribution in [2.45, 2.75) is 18.9 Å². The molecule has 0 saturated heterocycles. The van der Waals surface area contributed by atoms with Crippen molar-refractivity contribution in [1.29, 1.82) is 0 Å². The number of carbonyl (C=O) groups excluding carboxylic acids is 1. The van der Waals surface area contributed by atoms with Crippen molar-refractivity contribution in [3.63, 3.8) is 0 Å². The van der Waals surface area contributed by atoms with Crippen molar-refractivity contribution < 1.29 is 13.6 Å². The average Bonchev–Trinajstić information content (AvgIpc) is 3.13. The van der Waals surface area contributed by atoms with Crippen LogP contribution in [0.15, 0.2) is 33.5 Å². The molecule has 0 atom stereocenters. The van der Waals surface area contributed by atoms with Crippen molar-refractivity contribution in [2.24, 2.45) is 0 Å². The molecule has 0 bridgehead atoms. The molecule has 4 nitrogen and oxygen atoms in total. The number of benzene rings is 1. The Kier molecular flexibility index (Phi) is 2.40. The summed E-state index contributed by atoms with van der Waals surface area (Å²) in [6, 6.07) is 5.81. The first-order chi connectivity index (χ1) is 8.65. The summed E-state index contributed by atoms with van der Waals surface area (Å²) in [4.78, 5) is 23.4. The lowest BCUT2D eigenvalue weighted by Crippen LogP contribution is -2.29. The number of rotatable bonds is 2. The zero-order chi connectivity index (χ0) is 12.7. The van der Waals surface area contributed by atoms with Gasteiger partial charge in [0.2, 0.25) is 0 Å². The van der Waals surface area contributed by atoms with E-state index in [2.05, 4.69) is 5.32 Å². The molecule has 0 spiro atoms. The van der Waals surface area contributed by atoms with Gasteiger partial charge < -0.3 is 9.73 Å². The maximum atomic E-state index is 13.4. The Bertz CT molecular complexity index is 688. The Morgan fingerprint density at radius 1 is 1.39 bits per heavy atom. The van der Waals surface area contributed by atoms with E-state index >= 15 is 0 Å². The third-order valence-electron chi connectivity index (χ3n) is 2.87. The molecule has 1 aliphatic carbocycles. The van der Waals surface area contributed by atoms with Gasteiger partial charge in [-0.05, 0) is 25.0 Å². The van der Waals surface area contributed by atoms with E-state index in [-0.39, 0.29) is 17.2 Å². The average molecular weight is 247 g/mol. The molecule has 0 aliphatic heterocycles. The molecule has 1 saturated carbocycles. The van der Waals surface area contributed by atoms with Crippen LogP contribution in [0.2, 0.25) is 0 Å². The minimum atomic E-state index is -0.814. The van der Waals surface area contributed by atoms with Crippen molar-refractivity contribution in [1.82, 2.24) is 5.32 Å². The maximum Gasteiger partial charge on any atom is 0.349 e. The van der Waals surface area contributed by atoms with Crippen LogP contribution in [0.25, 0.3) is 11.0 Å². The summed E-state index contributed by atoms with van der Waals surface area (Å²) in [5, 5.41) is 3.10. The van der Waals surface area contributed by atoms with Crippen LogP contribution in [-0.4, -0.2) is 11.9 Å². The van der Waals surface area contributed by atoms with Gasteiger partial charge in [-0.15, -0.1) is 0 Å². The van der Waals surface area contributed by atoms with E-state index in [9.17, 15) is 14.0 Å². The first-order valence-electron chi connectivity index (χ1n) is 5.68. The fourth-order valence-corrected chi connectivity index (χ4v) is 1.76. The SMILES string of the molecule is O=C(NC1CC1)c1cc2cccc(F)c2oc1=O. The molecule has 1 heterocycles. The smallest absolute Gasteiger partial charge is 0.349 e. The highest BCUT2D eigenvalue weighted by Gasteiger charge is 2.25. The third-order valence-corrected chi connectivity index (χ3v) is 2.87. The largest absolute Gasteiger partial charge is 0.419 e. The highest BCUT2D eigenvalue weighted by Crippen LogP contribution is 2.20. The molecule has 0 radical (unpaired) electrons. The Morgan fingerprint density at radius 3 is 2.89 bits per heavy atom. The highest BCUT2D eigenvalue weighted by atomic mass is 19.1. The number of hydrogen-bond acceptors (Lipinski definition) is 3. The van der Waals surface area contributed by atoms with Crippen LogP contribution < -0.4 is 10.9 Å². The summed E-state index contributed by atoms with van der Waals surface area (Å²) < 4.78 is 18.2. The van der Waals surface area contributed by atoms with Crippen molar-refractivity contribution in [3.8, 4) is 0 Å². The standard InChI is InChI=1S/C13H10FNO3/c14-10-3-1-2-7-6-9(13(17)18-11(7)10)12(16)15-8-4-5-8/h1-3,6,8H,4-5H2,(H,15,16). The van der Waals surface area contributed by atoms with Crippen LogP contribution in [0, 0.1) is 5.82 Å². The van der Waals surface area contributed by atoms with Crippen molar-refractivity contribution in [3.05, 3.63) is 46.1 Å². The molecule has 2 aromatic rings. The minimum Gasteiger partial charge on any atom is -0.419 e. The summed E-state index contributed by atoms with van der Waals surface area (Å²) in [6.45, 7) is 0. The number of fused-ring (bicyclic) bond motifs is 1. The lowest BCUT2D eigenvalue weighted by molar-refractivity contribution is 0.0947. The summed E-state index contributed by atoms with van der Waals surface area (Å²) >= 11 is 0. The van der Waals surface area contributed by atoms with Crippen LogP contribution in [0.5, 0.6) is 0 Å². The van der Waals surface area contributed by atoms with Crippen molar-refractivity contribution in [2.75, 3.05) is 0 Å². The predicted octanol–water partition coefficient (Wildman–Crippen LogP) is 1.82. The molecular weight excluding hydrogens is 237 g/mol. The van der Waals surface area contributed by atoms with Crippen LogP contribution in [-0.2, 0) is 0 Å². The maximum absolute atomic E-state index is 13.4. The molecule has 1 aromatic heterocycles. The zero-order valence-electron chi connectivity index (χ0n) is 9.40. The molecule has 3 rings (SSSR count). The number of hydrogen-bond donors (Lipinski definition) is 1. The fourth-order valence-electron chi connectivity index (χ4n) is 1.76. The van der Waals surface area contributed by atoms with Gasteiger partial charge in [-0.3, -0.25) is 4.79 Å². The van der Waals surface area contributed by atoms with E-state index in [0.717, 1.165) is 12.8 Å². The topological polar surface area (TPSA) is 59.3 Å². The van der Waals surface area contributed by atoms with Gasteiger partial charge in [0, 0.05) is 11.4 Å². The second kappa shape index (κ2) is 3.94. The summed E-state index contributed by atoms with van der Waals surface area (Å²) in [6.07, 6.45) is 1.86. The van der Waals surface area contributed by atoms with Gasteiger partial charge in [-0.2, -0.15) is 0 Å². The lowest BCUT2D eigenvalue weighted by atomic mass is 10.1. The first kappa shape index (κ1) is 11.0. The van der Waals surface area contributed by atoms with Crippen molar-refractivity contribution >= 4 is 16.9 Å². The Balaban J connectivity index is 2.09. The summed E-state index contributed by atoms with van der Waals surface area (Å²) in [7, 11) is 0. The lowest BCUT2D eigenvalue weighted by Gasteiger charge is -2.03. The number of carbonyl (C=O) groups is 1. The van der Waals surface area contributed by atoms with Gasteiger partial charge in [-0.1, -0.05) is 12.1 Å². The first-order valence-corrected chi connectivity index (χ1v) is 5.68. The second-order valence-electron chi connectivity index (χ2n) is 4.35. The van der Waals surface area contributed by atoms with Gasteiger partial charge in [0.15, 0.2) is 11.4 Å². The quantitative estimate of drug-likeness (QED) is 0.823. The number of amides is 1. The van der Waals surface area contributed by atoms with Crippen LogP contribution in [0.1, 0.15) is 23.2 Å². The molecule has 5 heteroatoms. The number of para-hydroxylation sites is 1. The van der Waals surface area contributed by atoms with Crippen LogP contribution in [0.3, 0.4) is 0 Å². The molecule has 1 fully saturated rings. The molecule has 1 amide bonds. The highest BCUT2D eigenvalue weighted by molar-refractivity contribution is 5.96. The van der Waals surface area contributed by atoms with E-state index < -0.39 is 17.3 Å². The summed E-state index contributed by atoms with van der Waals surface area (Å²) in [5.41, 5.74) is -1.02. The summed E-state index contributed by atoms with van der Waals surface area (Å²) in [5.74, 6) is -1.07. The van der Waals surface area contributed by atoms with E-state index in [0.29, 0.717) is 5.39 Å². The molecule has 1 aliphatic rings. The predicted molar refractivity (Wildman–Crippen MR) is 62.9 cm³/mol. The fraction of sp³-hybridized carbons (Fsp3) is 0.231. The molecule has 1 N–H and O–H groups in total. The second-order valence-corrected chi connectivity index (χ2v) is 4.35. The van der Waals surface area contributed by atoms with Crippen LogP contribution in [0.4, 0.5) is 4.39 Å². The Hall–Kier alpha value is -2.17. The number of nitrogens with one attached hydrogen (secondary N) is 1. The van der Waals surface area contributed by atoms with Gasteiger partial charge in [0.05, 0.1) is 0 Å². The normalized spacial score (nSPS) is 14.7. The molecule has 0 unspecified atom stereocenters. The van der Waals surface area contributed by atoms with Gasteiger partial charge >= 0.3 is 5.63 Å². The number of halogens is 1. The van der Waals surface area contributed by atoms with Gasteiger partial charge in [-0.25, -0.2) is 9.18 Å². The van der Waals surface area contributed by atoms with E-state index in [1.54, 1.807) is 6.07 Å². The van der Waals surface area contributed by atoms with E-state index in [1.807, 2.05) is 0 Å². The van der Waals surface area contributed by atoms with E-state index in [1.165, 1.54) is 18.2 Å². The Labute approximate surface area is 101 Å². The van der Waals surface area contributed by atoms with Gasteiger partial charge in [0.25, 0.3) is 5.91 Å². The van der Waals surface area contributed by atoms with Crippen LogP contribution >= 0.6 is 0 Å². The van der Waals surface area contributed by atoms with E-state index in [4.69, 9.17) is 4.42 Å². The molecular formula is C13H10FNO3. The zero-order valence-corrected chi connectivity index (χ0v) is 9.40. The molecule has 18 heavy (non-hydrogen) atoms. The monoisotopic (exact) mass is 247 g/mol. The third kappa shape index (κ3) is 1.88. The van der Waals surface area contributed by atoms with Gasteiger partial charge in [0.1, 0.15) is 5.56 Å². The molecule has 92 valence electrons. The molecule has 1 aromatic carbocycles. The minimum absolute atomic E-state index is 0.0833. The Morgan fingerprint density at radius 2 is 2.17 bits per heavy atom.